The molecule has 1 aromatic carbocycles. The van der Waals surface area contributed by atoms with Crippen LogP contribution in [0.4, 0.5) is 5.13 Å². The normalized spacial score (nSPS) is 16.7. The van der Waals surface area contributed by atoms with Gasteiger partial charge in [-0.3, -0.25) is 4.79 Å². The van der Waals surface area contributed by atoms with Gasteiger partial charge in [-0.15, -0.1) is 11.3 Å². The third-order valence-electron chi connectivity index (χ3n) is 4.13. The molecule has 6 nitrogen and oxygen atoms in total. The van der Waals surface area contributed by atoms with E-state index in [4.69, 9.17) is 9.47 Å². The minimum Gasteiger partial charge on any atom is -0.496 e. The molecule has 1 aliphatic heterocycles. The third-order valence-corrected chi connectivity index (χ3v) is 5.13. The fourth-order valence-corrected chi connectivity index (χ4v) is 3.52. The van der Waals surface area contributed by atoms with E-state index in [1.807, 2.05) is 36.5 Å². The Morgan fingerprint density at radius 3 is 2.96 bits per heavy atom. The van der Waals surface area contributed by atoms with Crippen LogP contribution in [0.5, 0.6) is 5.75 Å². The Morgan fingerprint density at radius 1 is 1.48 bits per heavy atom. The molecule has 1 fully saturated rings. The second kappa shape index (κ2) is 7.84. The SMILES string of the molecule is COc1ccc(C(=O)NCC2CCCO2)cc1-c1csc(N(C)C)n1. The average Bonchev–Trinajstić information content (AvgIpc) is 3.30. The summed E-state index contributed by atoms with van der Waals surface area (Å²) in [6.45, 7) is 1.33. The largest absolute Gasteiger partial charge is 0.496 e. The van der Waals surface area contributed by atoms with Crippen LogP contribution in [0.3, 0.4) is 0 Å². The molecule has 134 valence electrons. The topological polar surface area (TPSA) is 63.7 Å². The maximum Gasteiger partial charge on any atom is 0.251 e. The van der Waals surface area contributed by atoms with Crippen LogP contribution >= 0.6 is 11.3 Å². The number of nitrogens with one attached hydrogen (secondary N) is 1. The van der Waals surface area contributed by atoms with Gasteiger partial charge in [0, 0.05) is 43.8 Å². The molecule has 0 radical (unpaired) electrons. The molecule has 7 heteroatoms. The van der Waals surface area contributed by atoms with Gasteiger partial charge in [0.25, 0.3) is 5.91 Å². The summed E-state index contributed by atoms with van der Waals surface area (Å²) >= 11 is 1.56. The highest BCUT2D eigenvalue weighted by molar-refractivity contribution is 7.14. The highest BCUT2D eigenvalue weighted by Crippen LogP contribution is 2.33. The maximum atomic E-state index is 12.5. The van der Waals surface area contributed by atoms with E-state index in [-0.39, 0.29) is 12.0 Å². The fraction of sp³-hybridized carbons (Fsp3) is 0.444. The standard InChI is InChI=1S/C18H23N3O3S/c1-21(2)18-20-15(11-25-18)14-9-12(6-7-16(14)23-3)17(22)19-10-13-5-4-8-24-13/h6-7,9,11,13H,4-5,8,10H2,1-3H3,(H,19,22). The van der Waals surface area contributed by atoms with Gasteiger partial charge in [0.15, 0.2) is 5.13 Å². The quantitative estimate of drug-likeness (QED) is 0.857. The molecule has 0 aliphatic carbocycles. The van der Waals surface area contributed by atoms with Crippen LogP contribution < -0.4 is 15.0 Å². The Morgan fingerprint density at radius 2 is 2.32 bits per heavy atom. The molecule has 2 aromatic rings. The predicted octanol–water partition coefficient (Wildman–Crippen LogP) is 2.79. The molecule has 3 rings (SSSR count). The fourth-order valence-electron chi connectivity index (χ4n) is 2.76. The lowest BCUT2D eigenvalue weighted by atomic mass is 10.1. The van der Waals surface area contributed by atoms with Crippen molar-refractivity contribution in [1.29, 1.82) is 0 Å². The van der Waals surface area contributed by atoms with Crippen molar-refractivity contribution < 1.29 is 14.3 Å². The summed E-state index contributed by atoms with van der Waals surface area (Å²) in [4.78, 5) is 19.0. The zero-order chi connectivity index (χ0) is 17.8. The number of nitrogens with zero attached hydrogens (tertiary/aromatic N) is 2. The third kappa shape index (κ3) is 4.11. The van der Waals surface area contributed by atoms with E-state index in [0.717, 1.165) is 35.8 Å². The lowest BCUT2D eigenvalue weighted by Gasteiger charge is -2.12. The number of carbonyl (C=O) groups is 1. The summed E-state index contributed by atoms with van der Waals surface area (Å²) in [7, 11) is 5.53. The lowest BCUT2D eigenvalue weighted by molar-refractivity contribution is 0.0858. The van der Waals surface area contributed by atoms with Crippen LogP contribution in [0, 0.1) is 0 Å². The van der Waals surface area contributed by atoms with E-state index in [1.54, 1.807) is 24.5 Å². The Hall–Kier alpha value is -2.12. The van der Waals surface area contributed by atoms with Gasteiger partial charge in [0.1, 0.15) is 5.75 Å². The van der Waals surface area contributed by atoms with Crippen LogP contribution in [0.2, 0.25) is 0 Å². The number of thiazole rings is 1. The molecular formula is C18H23N3O3S. The minimum absolute atomic E-state index is 0.109. The number of anilines is 1. The molecule has 2 heterocycles. The second-order valence-corrected chi connectivity index (χ2v) is 7.01. The summed E-state index contributed by atoms with van der Waals surface area (Å²) in [5.41, 5.74) is 2.21. The number of methoxy groups -OCH3 is 1. The maximum absolute atomic E-state index is 12.5. The van der Waals surface area contributed by atoms with Crippen molar-refractivity contribution in [2.45, 2.75) is 18.9 Å². The number of hydrogen-bond acceptors (Lipinski definition) is 6. The molecule has 1 aliphatic rings. The first-order valence-corrected chi connectivity index (χ1v) is 9.17. The number of amides is 1. The second-order valence-electron chi connectivity index (χ2n) is 6.17. The first-order valence-electron chi connectivity index (χ1n) is 8.29. The molecule has 1 atom stereocenters. The molecule has 1 unspecified atom stereocenters. The van der Waals surface area contributed by atoms with Crippen LogP contribution in [-0.2, 0) is 4.74 Å². The number of benzene rings is 1. The predicted molar refractivity (Wildman–Crippen MR) is 99.7 cm³/mol. The van der Waals surface area contributed by atoms with Gasteiger partial charge >= 0.3 is 0 Å². The average molecular weight is 361 g/mol. The zero-order valence-corrected chi connectivity index (χ0v) is 15.6. The molecule has 0 spiro atoms. The Balaban J connectivity index is 1.79. The summed E-state index contributed by atoms with van der Waals surface area (Å²) in [6, 6.07) is 5.41. The Kier molecular flexibility index (Phi) is 5.55. The van der Waals surface area contributed by atoms with Gasteiger partial charge in [0.2, 0.25) is 0 Å². The van der Waals surface area contributed by atoms with Crippen LogP contribution in [-0.4, -0.2) is 51.4 Å². The molecule has 1 amide bonds. The molecule has 25 heavy (non-hydrogen) atoms. The van der Waals surface area contributed by atoms with Crippen LogP contribution in [0.15, 0.2) is 23.6 Å². The van der Waals surface area contributed by atoms with Crippen molar-refractivity contribution in [2.24, 2.45) is 0 Å². The van der Waals surface area contributed by atoms with E-state index in [0.29, 0.717) is 17.9 Å². The number of carbonyl (C=O) groups excluding carboxylic acids is 1. The number of ether oxygens (including phenoxy) is 2. The molecular weight excluding hydrogens is 338 g/mol. The summed E-state index contributed by atoms with van der Waals surface area (Å²) in [5, 5.41) is 5.83. The van der Waals surface area contributed by atoms with E-state index < -0.39 is 0 Å². The van der Waals surface area contributed by atoms with Gasteiger partial charge in [0.05, 0.1) is 18.9 Å². The number of rotatable bonds is 6. The van der Waals surface area contributed by atoms with Crippen LogP contribution in [0.25, 0.3) is 11.3 Å². The van der Waals surface area contributed by atoms with Gasteiger partial charge in [-0.25, -0.2) is 4.98 Å². The summed E-state index contributed by atoms with van der Waals surface area (Å²) in [5.74, 6) is 0.591. The van der Waals surface area contributed by atoms with E-state index in [9.17, 15) is 4.79 Å². The highest BCUT2D eigenvalue weighted by Gasteiger charge is 2.18. The van der Waals surface area contributed by atoms with Crippen molar-refractivity contribution in [3.05, 3.63) is 29.1 Å². The van der Waals surface area contributed by atoms with Crippen molar-refractivity contribution in [3.63, 3.8) is 0 Å². The summed E-state index contributed by atoms with van der Waals surface area (Å²) < 4.78 is 11.0. The first kappa shape index (κ1) is 17.7. The van der Waals surface area contributed by atoms with Gasteiger partial charge in [-0.1, -0.05) is 0 Å². The summed E-state index contributed by atoms with van der Waals surface area (Å²) in [6.07, 6.45) is 2.19. The van der Waals surface area contributed by atoms with Crippen LogP contribution in [0.1, 0.15) is 23.2 Å². The first-order chi connectivity index (χ1) is 12.1. The molecule has 1 aromatic heterocycles. The minimum atomic E-state index is -0.109. The monoisotopic (exact) mass is 361 g/mol. The highest BCUT2D eigenvalue weighted by atomic mass is 32.1. The van der Waals surface area contributed by atoms with E-state index in [1.165, 1.54) is 0 Å². The Bertz CT molecular complexity index is 739. The van der Waals surface area contributed by atoms with Crippen molar-refractivity contribution in [1.82, 2.24) is 10.3 Å². The number of hydrogen-bond donors (Lipinski definition) is 1. The van der Waals surface area contributed by atoms with E-state index >= 15 is 0 Å². The van der Waals surface area contributed by atoms with Crippen molar-refractivity contribution >= 4 is 22.4 Å². The Labute approximate surface area is 151 Å². The molecule has 1 N–H and O–H groups in total. The van der Waals surface area contributed by atoms with Gasteiger partial charge in [-0.05, 0) is 31.0 Å². The van der Waals surface area contributed by atoms with Crippen molar-refractivity contribution in [2.75, 3.05) is 39.3 Å². The lowest BCUT2D eigenvalue weighted by Crippen LogP contribution is -2.31. The van der Waals surface area contributed by atoms with E-state index in [2.05, 4.69) is 10.3 Å². The zero-order valence-electron chi connectivity index (χ0n) is 14.7. The molecule has 1 saturated heterocycles. The van der Waals surface area contributed by atoms with Gasteiger partial charge < -0.3 is 19.7 Å². The molecule has 0 saturated carbocycles. The number of aromatic nitrogens is 1. The molecule has 0 bridgehead atoms. The van der Waals surface area contributed by atoms with Gasteiger partial charge in [-0.2, -0.15) is 0 Å². The van der Waals surface area contributed by atoms with Crippen molar-refractivity contribution in [3.8, 4) is 17.0 Å². The smallest absolute Gasteiger partial charge is 0.251 e.